The summed E-state index contributed by atoms with van der Waals surface area (Å²) < 4.78 is 0. The first-order valence-corrected chi connectivity index (χ1v) is 8.48. The smallest absolute Gasteiger partial charge is 0.330 e. The largest absolute Gasteiger partial charge is 0.479 e. The van der Waals surface area contributed by atoms with E-state index in [4.69, 9.17) is 11.6 Å². The number of aliphatic carboxylic acids is 1. The highest BCUT2D eigenvalue weighted by Crippen LogP contribution is 2.29. The van der Waals surface area contributed by atoms with Crippen LogP contribution in [0, 0.1) is 0 Å². The number of hydrogen-bond acceptors (Lipinski definition) is 4. The monoisotopic (exact) mass is 351 g/mol. The van der Waals surface area contributed by atoms with Crippen molar-refractivity contribution in [1.82, 2.24) is 15.5 Å². The predicted octanol–water partition coefficient (Wildman–Crippen LogP) is 2.42. The van der Waals surface area contributed by atoms with E-state index in [0.29, 0.717) is 28.6 Å². The van der Waals surface area contributed by atoms with E-state index in [9.17, 15) is 14.7 Å². The predicted molar refractivity (Wildman–Crippen MR) is 88.8 cm³/mol. The third kappa shape index (κ3) is 3.20. The van der Waals surface area contributed by atoms with Crippen molar-refractivity contribution >= 4 is 35.2 Å². The number of halogens is 1. The second-order valence-corrected chi connectivity index (χ2v) is 6.86. The first-order valence-electron chi connectivity index (χ1n) is 6.95. The van der Waals surface area contributed by atoms with Crippen molar-refractivity contribution < 1.29 is 14.7 Å². The lowest BCUT2D eigenvalue weighted by atomic mass is 9.99. The molecule has 0 bridgehead atoms. The summed E-state index contributed by atoms with van der Waals surface area (Å²) in [6.45, 7) is 0. The highest BCUT2D eigenvalue weighted by molar-refractivity contribution is 7.99. The molecule has 1 fully saturated rings. The van der Waals surface area contributed by atoms with Gasteiger partial charge in [0.2, 0.25) is 0 Å². The molecule has 23 heavy (non-hydrogen) atoms. The number of carboxylic acids is 1. The Bertz CT molecular complexity index is 739. The molecule has 1 atom stereocenters. The molecule has 120 valence electrons. The van der Waals surface area contributed by atoms with Crippen LogP contribution in [0.3, 0.4) is 0 Å². The lowest BCUT2D eigenvalue weighted by molar-refractivity contribution is -0.143. The van der Waals surface area contributed by atoms with Crippen LogP contribution in [-0.2, 0) is 4.79 Å². The van der Waals surface area contributed by atoms with Crippen LogP contribution in [-0.4, -0.2) is 44.2 Å². The molecule has 1 aromatic heterocycles. The van der Waals surface area contributed by atoms with E-state index in [-0.39, 0.29) is 5.69 Å². The maximum absolute atomic E-state index is 12.3. The van der Waals surface area contributed by atoms with Crippen LogP contribution in [0.4, 0.5) is 0 Å². The third-order valence-corrected chi connectivity index (χ3v) is 5.19. The van der Waals surface area contributed by atoms with Crippen molar-refractivity contribution in [2.75, 3.05) is 11.5 Å². The molecule has 1 aromatic carbocycles. The first kappa shape index (κ1) is 15.9. The number of aromatic amines is 1. The second-order valence-electron chi connectivity index (χ2n) is 5.32. The standard InChI is InChI=1S/C15H14ClN3O3S/c16-10-3-1-9(2-4-10)11-7-12(19-18-11)13(20)17-15(14(21)22)5-6-23-8-15/h1-4,7H,5-6,8H2,(H,17,20)(H,18,19)(H,21,22). The molecule has 1 unspecified atom stereocenters. The van der Waals surface area contributed by atoms with Gasteiger partial charge < -0.3 is 10.4 Å². The van der Waals surface area contributed by atoms with E-state index in [1.54, 1.807) is 30.3 Å². The fraction of sp³-hybridized carbons (Fsp3) is 0.267. The Hall–Kier alpha value is -1.99. The van der Waals surface area contributed by atoms with Gasteiger partial charge in [0.25, 0.3) is 5.91 Å². The SMILES string of the molecule is O=C(NC1(C(=O)O)CCSC1)c1cc(-c2ccc(Cl)cc2)n[nH]1. The van der Waals surface area contributed by atoms with Crippen molar-refractivity contribution in [1.29, 1.82) is 0 Å². The maximum atomic E-state index is 12.3. The van der Waals surface area contributed by atoms with Crippen molar-refractivity contribution in [2.45, 2.75) is 12.0 Å². The number of H-pyrrole nitrogens is 1. The van der Waals surface area contributed by atoms with Crippen LogP contribution in [0.1, 0.15) is 16.9 Å². The van der Waals surface area contributed by atoms with Gasteiger partial charge in [0.15, 0.2) is 0 Å². The summed E-state index contributed by atoms with van der Waals surface area (Å²) in [5.74, 6) is -0.395. The summed E-state index contributed by atoms with van der Waals surface area (Å²) >= 11 is 7.36. The van der Waals surface area contributed by atoms with Gasteiger partial charge >= 0.3 is 5.97 Å². The Labute approximate surface area is 141 Å². The Balaban J connectivity index is 1.78. The van der Waals surface area contributed by atoms with E-state index in [1.807, 2.05) is 0 Å². The number of aromatic nitrogens is 2. The van der Waals surface area contributed by atoms with Crippen molar-refractivity contribution in [3.63, 3.8) is 0 Å². The maximum Gasteiger partial charge on any atom is 0.330 e. The zero-order chi connectivity index (χ0) is 16.4. The quantitative estimate of drug-likeness (QED) is 0.786. The highest BCUT2D eigenvalue weighted by atomic mass is 35.5. The number of carboxylic acid groups (broad SMARTS) is 1. The molecule has 3 N–H and O–H groups in total. The van der Waals surface area contributed by atoms with Crippen molar-refractivity contribution in [2.24, 2.45) is 0 Å². The van der Waals surface area contributed by atoms with Crippen LogP contribution >= 0.6 is 23.4 Å². The number of nitrogens with zero attached hydrogens (tertiary/aromatic N) is 1. The lowest BCUT2D eigenvalue weighted by Gasteiger charge is -2.23. The van der Waals surface area contributed by atoms with E-state index in [1.165, 1.54) is 11.8 Å². The topological polar surface area (TPSA) is 95.1 Å². The van der Waals surface area contributed by atoms with Crippen LogP contribution in [0.15, 0.2) is 30.3 Å². The normalized spacial score (nSPS) is 20.4. The minimum atomic E-state index is -1.20. The third-order valence-electron chi connectivity index (χ3n) is 3.75. The molecule has 8 heteroatoms. The Morgan fingerprint density at radius 3 is 2.70 bits per heavy atom. The van der Waals surface area contributed by atoms with Gasteiger partial charge in [-0.05, 0) is 30.4 Å². The summed E-state index contributed by atoms with van der Waals surface area (Å²) in [5.41, 5.74) is 0.436. The Morgan fingerprint density at radius 2 is 2.09 bits per heavy atom. The van der Waals surface area contributed by atoms with Gasteiger partial charge in [-0.1, -0.05) is 23.7 Å². The van der Waals surface area contributed by atoms with Crippen LogP contribution < -0.4 is 5.32 Å². The molecule has 1 amide bonds. The number of hydrogen-bond donors (Lipinski definition) is 3. The van der Waals surface area contributed by atoms with E-state index in [0.717, 1.165) is 5.56 Å². The van der Waals surface area contributed by atoms with Gasteiger partial charge in [0, 0.05) is 16.3 Å². The molecule has 1 aliphatic rings. The minimum Gasteiger partial charge on any atom is -0.479 e. The first-order chi connectivity index (χ1) is 11.0. The number of thioether (sulfide) groups is 1. The van der Waals surface area contributed by atoms with Gasteiger partial charge in [-0.3, -0.25) is 9.89 Å². The molecule has 2 heterocycles. The van der Waals surface area contributed by atoms with Crippen LogP contribution in [0.2, 0.25) is 5.02 Å². The van der Waals surface area contributed by atoms with Crippen LogP contribution in [0.5, 0.6) is 0 Å². The molecule has 0 radical (unpaired) electrons. The molecule has 2 aromatic rings. The molecular weight excluding hydrogens is 338 g/mol. The van der Waals surface area contributed by atoms with Gasteiger partial charge in [0.05, 0.1) is 5.69 Å². The Morgan fingerprint density at radius 1 is 1.35 bits per heavy atom. The molecule has 3 rings (SSSR count). The number of benzene rings is 1. The fourth-order valence-corrected chi connectivity index (χ4v) is 3.83. The summed E-state index contributed by atoms with van der Waals surface area (Å²) in [6.07, 6.45) is 0.414. The molecule has 0 spiro atoms. The van der Waals surface area contributed by atoms with Gasteiger partial charge in [-0.2, -0.15) is 16.9 Å². The van der Waals surface area contributed by atoms with Crippen molar-refractivity contribution in [3.05, 3.63) is 41.0 Å². The Kier molecular flexibility index (Phi) is 4.32. The molecule has 6 nitrogen and oxygen atoms in total. The zero-order valence-corrected chi connectivity index (χ0v) is 13.6. The molecular formula is C15H14ClN3O3S. The summed E-state index contributed by atoms with van der Waals surface area (Å²) in [6, 6.07) is 8.66. The highest BCUT2D eigenvalue weighted by Gasteiger charge is 2.43. The molecule has 0 aliphatic carbocycles. The minimum absolute atomic E-state index is 0.229. The summed E-state index contributed by atoms with van der Waals surface area (Å²) in [5, 5.41) is 19.4. The number of carbonyl (C=O) groups excluding carboxylic acids is 1. The zero-order valence-electron chi connectivity index (χ0n) is 12.0. The van der Waals surface area contributed by atoms with E-state index in [2.05, 4.69) is 15.5 Å². The van der Waals surface area contributed by atoms with E-state index >= 15 is 0 Å². The number of carbonyl (C=O) groups is 2. The number of amides is 1. The van der Waals surface area contributed by atoms with Gasteiger partial charge in [-0.15, -0.1) is 0 Å². The average Bonchev–Trinajstić information content (AvgIpc) is 3.17. The van der Waals surface area contributed by atoms with Gasteiger partial charge in [-0.25, -0.2) is 4.79 Å². The fourth-order valence-electron chi connectivity index (χ4n) is 2.38. The van der Waals surface area contributed by atoms with Crippen molar-refractivity contribution in [3.8, 4) is 11.3 Å². The summed E-state index contributed by atoms with van der Waals surface area (Å²) in [4.78, 5) is 23.8. The van der Waals surface area contributed by atoms with Gasteiger partial charge in [0.1, 0.15) is 11.2 Å². The molecule has 1 saturated heterocycles. The average molecular weight is 352 g/mol. The lowest BCUT2D eigenvalue weighted by Crippen LogP contribution is -2.54. The number of rotatable bonds is 4. The molecule has 1 aliphatic heterocycles. The molecule has 0 saturated carbocycles. The van der Waals surface area contributed by atoms with Crippen LogP contribution in [0.25, 0.3) is 11.3 Å². The van der Waals surface area contributed by atoms with E-state index < -0.39 is 17.4 Å². The summed E-state index contributed by atoms with van der Waals surface area (Å²) in [7, 11) is 0. The number of nitrogens with one attached hydrogen (secondary N) is 2. The second kappa shape index (κ2) is 6.25.